The molecule has 148 valence electrons. The largest absolute Gasteiger partial charge is 0.496 e. The van der Waals surface area contributed by atoms with Crippen LogP contribution in [-0.2, 0) is 4.79 Å². The predicted octanol–water partition coefficient (Wildman–Crippen LogP) is 4.00. The number of nitrogens with zero attached hydrogens (tertiary/aromatic N) is 1. The van der Waals surface area contributed by atoms with E-state index in [2.05, 4.69) is 10.5 Å². The van der Waals surface area contributed by atoms with Crippen molar-refractivity contribution in [2.24, 2.45) is 5.10 Å². The highest BCUT2D eigenvalue weighted by molar-refractivity contribution is 6.31. The number of benzene rings is 2. The highest BCUT2D eigenvalue weighted by Crippen LogP contribution is 2.22. The van der Waals surface area contributed by atoms with Crippen LogP contribution in [0.1, 0.15) is 22.8 Å². The van der Waals surface area contributed by atoms with Crippen LogP contribution < -0.4 is 15.5 Å². The van der Waals surface area contributed by atoms with Crippen LogP contribution in [0.4, 0.5) is 18.9 Å². The highest BCUT2D eigenvalue weighted by atomic mass is 35.5. The molecular formula is C18H15ClF3N3O3. The second-order valence-electron chi connectivity index (χ2n) is 5.52. The number of halogens is 4. The fourth-order valence-corrected chi connectivity index (χ4v) is 2.31. The van der Waals surface area contributed by atoms with Crippen LogP contribution >= 0.6 is 11.6 Å². The Morgan fingerprint density at radius 3 is 2.50 bits per heavy atom. The summed E-state index contributed by atoms with van der Waals surface area (Å²) in [6.45, 7) is 1.54. The fourth-order valence-electron chi connectivity index (χ4n) is 2.14. The molecule has 0 aliphatic carbocycles. The Labute approximate surface area is 163 Å². The summed E-state index contributed by atoms with van der Waals surface area (Å²) in [5, 5.41) is 6.01. The first-order chi connectivity index (χ1) is 13.1. The van der Waals surface area contributed by atoms with Gasteiger partial charge in [-0.3, -0.25) is 9.59 Å². The van der Waals surface area contributed by atoms with E-state index in [9.17, 15) is 22.8 Å². The highest BCUT2D eigenvalue weighted by Gasteiger charge is 2.38. The van der Waals surface area contributed by atoms with Gasteiger partial charge in [0.15, 0.2) is 0 Å². The molecule has 0 heterocycles. The van der Waals surface area contributed by atoms with Gasteiger partial charge in [-0.25, -0.2) is 5.43 Å². The number of hydrogen-bond acceptors (Lipinski definition) is 4. The van der Waals surface area contributed by atoms with Crippen LogP contribution in [-0.4, -0.2) is 30.8 Å². The summed E-state index contributed by atoms with van der Waals surface area (Å²) in [6.07, 6.45) is -5.00. The molecule has 0 spiro atoms. The van der Waals surface area contributed by atoms with E-state index in [0.29, 0.717) is 22.0 Å². The number of nitrogens with one attached hydrogen (secondary N) is 2. The number of carbonyl (C=O) groups excluding carboxylic acids is 2. The topological polar surface area (TPSA) is 79.8 Å². The van der Waals surface area contributed by atoms with Crippen molar-refractivity contribution in [3.05, 3.63) is 58.6 Å². The van der Waals surface area contributed by atoms with Gasteiger partial charge in [0.1, 0.15) is 5.75 Å². The fraction of sp³-hybridized carbons (Fsp3) is 0.167. The number of anilines is 1. The van der Waals surface area contributed by atoms with Gasteiger partial charge >= 0.3 is 12.1 Å². The van der Waals surface area contributed by atoms with E-state index in [1.165, 1.54) is 37.4 Å². The van der Waals surface area contributed by atoms with Crippen LogP contribution in [0.2, 0.25) is 5.02 Å². The Kier molecular flexibility index (Phi) is 6.63. The maximum Gasteiger partial charge on any atom is 0.471 e. The van der Waals surface area contributed by atoms with Crippen molar-refractivity contribution in [3.63, 3.8) is 0 Å². The second-order valence-corrected chi connectivity index (χ2v) is 5.95. The summed E-state index contributed by atoms with van der Waals surface area (Å²) < 4.78 is 42.1. The Morgan fingerprint density at radius 2 is 1.86 bits per heavy atom. The monoisotopic (exact) mass is 413 g/mol. The van der Waals surface area contributed by atoms with Crippen molar-refractivity contribution in [2.45, 2.75) is 13.1 Å². The summed E-state index contributed by atoms with van der Waals surface area (Å²) >= 11 is 5.88. The van der Waals surface area contributed by atoms with Crippen LogP contribution in [0.5, 0.6) is 5.75 Å². The van der Waals surface area contributed by atoms with Crippen molar-refractivity contribution in [1.82, 2.24) is 5.43 Å². The number of methoxy groups -OCH3 is 1. The minimum atomic E-state index is -5.00. The molecule has 0 unspecified atom stereocenters. The van der Waals surface area contributed by atoms with Gasteiger partial charge in [0.25, 0.3) is 5.91 Å². The lowest BCUT2D eigenvalue weighted by Gasteiger charge is -2.10. The van der Waals surface area contributed by atoms with E-state index in [4.69, 9.17) is 16.3 Å². The predicted molar refractivity (Wildman–Crippen MR) is 98.8 cm³/mol. The lowest BCUT2D eigenvalue weighted by molar-refractivity contribution is -0.167. The third-order valence-electron chi connectivity index (χ3n) is 3.53. The zero-order valence-electron chi connectivity index (χ0n) is 14.7. The molecule has 2 amide bonds. The third kappa shape index (κ3) is 5.46. The maximum atomic E-state index is 12.4. The molecule has 0 bridgehead atoms. The molecule has 0 aliphatic rings. The van der Waals surface area contributed by atoms with Crippen LogP contribution in [0.3, 0.4) is 0 Å². The average Bonchev–Trinajstić information content (AvgIpc) is 2.65. The van der Waals surface area contributed by atoms with E-state index >= 15 is 0 Å². The lowest BCUT2D eigenvalue weighted by Crippen LogP contribution is -2.29. The summed E-state index contributed by atoms with van der Waals surface area (Å²) in [7, 11) is 1.40. The maximum absolute atomic E-state index is 12.4. The summed E-state index contributed by atoms with van der Waals surface area (Å²) in [5.41, 5.74) is 3.14. The normalized spacial score (nSPS) is 11.7. The third-order valence-corrected chi connectivity index (χ3v) is 3.76. The molecule has 2 N–H and O–H groups in total. The van der Waals surface area contributed by atoms with E-state index in [0.717, 1.165) is 0 Å². The molecule has 28 heavy (non-hydrogen) atoms. The summed E-state index contributed by atoms with van der Waals surface area (Å²) in [5.74, 6) is -2.37. The van der Waals surface area contributed by atoms with Gasteiger partial charge < -0.3 is 10.1 Å². The average molecular weight is 414 g/mol. The second kappa shape index (κ2) is 8.75. The molecule has 0 fully saturated rings. The molecule has 2 aromatic rings. The van der Waals surface area contributed by atoms with Crippen molar-refractivity contribution in [1.29, 1.82) is 0 Å². The molecule has 0 radical (unpaired) electrons. The number of hydrogen-bond donors (Lipinski definition) is 2. The quantitative estimate of drug-likeness (QED) is 0.574. The number of ether oxygens (including phenoxy) is 1. The molecule has 6 nitrogen and oxygen atoms in total. The van der Waals surface area contributed by atoms with Crippen LogP contribution in [0.25, 0.3) is 0 Å². The van der Waals surface area contributed by atoms with E-state index < -0.39 is 18.0 Å². The zero-order chi connectivity index (χ0) is 20.9. The van der Waals surface area contributed by atoms with Gasteiger partial charge in [-0.1, -0.05) is 23.7 Å². The molecule has 0 saturated carbocycles. The Bertz CT molecular complexity index is 930. The smallest absolute Gasteiger partial charge is 0.471 e. The van der Waals surface area contributed by atoms with Crippen molar-refractivity contribution < 1.29 is 27.5 Å². The van der Waals surface area contributed by atoms with Crippen LogP contribution in [0, 0.1) is 0 Å². The van der Waals surface area contributed by atoms with Crippen molar-refractivity contribution in [2.75, 3.05) is 12.4 Å². The van der Waals surface area contributed by atoms with Gasteiger partial charge in [0.05, 0.1) is 18.4 Å². The van der Waals surface area contributed by atoms with Crippen molar-refractivity contribution in [3.8, 4) is 5.75 Å². The van der Waals surface area contributed by atoms with Gasteiger partial charge in [0.2, 0.25) is 0 Å². The van der Waals surface area contributed by atoms with Gasteiger partial charge in [0, 0.05) is 10.7 Å². The SMILES string of the molecule is COc1ccc(Cl)cc1C(=O)N/N=C(/C)c1cccc(NC(=O)C(F)(F)F)c1. The first-order valence-electron chi connectivity index (χ1n) is 7.78. The van der Waals surface area contributed by atoms with Gasteiger partial charge in [-0.05, 0) is 42.8 Å². The van der Waals surface area contributed by atoms with E-state index in [1.807, 2.05) is 0 Å². The zero-order valence-corrected chi connectivity index (χ0v) is 15.5. The van der Waals surface area contributed by atoms with Gasteiger partial charge in [-0.2, -0.15) is 18.3 Å². The van der Waals surface area contributed by atoms with Crippen molar-refractivity contribution >= 4 is 34.8 Å². The summed E-state index contributed by atoms with van der Waals surface area (Å²) in [4.78, 5) is 23.3. The first kappa shape index (κ1) is 21.2. The number of alkyl halides is 3. The minimum absolute atomic E-state index is 0.0581. The minimum Gasteiger partial charge on any atom is -0.496 e. The number of carbonyl (C=O) groups is 2. The molecule has 10 heteroatoms. The molecule has 0 aliphatic heterocycles. The first-order valence-corrected chi connectivity index (χ1v) is 8.16. The number of rotatable bonds is 5. The number of amides is 2. The molecule has 0 aromatic heterocycles. The van der Waals surface area contributed by atoms with Gasteiger partial charge in [-0.15, -0.1) is 0 Å². The molecule has 0 saturated heterocycles. The Morgan fingerprint density at radius 1 is 1.14 bits per heavy atom. The van der Waals surface area contributed by atoms with Crippen LogP contribution in [0.15, 0.2) is 47.6 Å². The Balaban J connectivity index is 2.16. The number of hydrazone groups is 1. The summed E-state index contributed by atoms with van der Waals surface area (Å²) in [6, 6.07) is 10.1. The standard InChI is InChI=1S/C18H15ClF3N3O3/c1-10(11-4-3-5-13(8-11)23-17(27)18(20,21)22)24-25-16(26)14-9-12(19)6-7-15(14)28-2/h3-9H,1-2H3,(H,23,27)(H,25,26)/b24-10-. The molecule has 0 atom stereocenters. The molecular weight excluding hydrogens is 399 g/mol. The molecule has 2 rings (SSSR count). The Hall–Kier alpha value is -3.07. The van der Waals surface area contributed by atoms with E-state index in [1.54, 1.807) is 24.4 Å². The molecule has 2 aromatic carbocycles. The van der Waals surface area contributed by atoms with E-state index in [-0.39, 0.29) is 11.3 Å². The lowest BCUT2D eigenvalue weighted by atomic mass is 10.1.